The molecule has 2 aliphatic heterocycles. The molecule has 0 bridgehead atoms. The first kappa shape index (κ1) is 26.6. The summed E-state index contributed by atoms with van der Waals surface area (Å²) in [5.74, 6) is -1.91. The number of H-pyrrole nitrogens is 1. The van der Waals surface area contributed by atoms with Crippen LogP contribution in [0.3, 0.4) is 0 Å². The molecule has 198 valence electrons. The number of benzene rings is 1. The number of aliphatic hydroxyl groups is 1. The van der Waals surface area contributed by atoms with Crippen LogP contribution in [0.4, 0.5) is 15.8 Å². The fraction of sp³-hybridized carbons (Fsp3) is 0.444. The minimum atomic E-state index is -1.31. The highest BCUT2D eigenvalue weighted by Gasteiger charge is 2.30. The Morgan fingerprint density at radius 2 is 2.03 bits per heavy atom. The van der Waals surface area contributed by atoms with Gasteiger partial charge in [-0.25, -0.2) is 4.39 Å². The van der Waals surface area contributed by atoms with Crippen LogP contribution >= 0.6 is 0 Å². The van der Waals surface area contributed by atoms with Gasteiger partial charge in [0, 0.05) is 36.6 Å². The van der Waals surface area contributed by atoms with Crippen LogP contribution in [0.2, 0.25) is 0 Å². The number of halogens is 1. The number of aromatic nitrogens is 1. The average Bonchev–Trinajstić information content (AvgIpc) is 3.27. The van der Waals surface area contributed by atoms with E-state index in [-0.39, 0.29) is 17.2 Å². The monoisotopic (exact) mass is 511 g/mol. The summed E-state index contributed by atoms with van der Waals surface area (Å²) < 4.78 is 14.8. The number of hydrogen-bond acceptors (Lipinski definition) is 5. The SMILES string of the molecule is CCN(CC)CCN1CCCc2[nH]c(C=C3C(=O)Nc4cc(NC(=O)[C@H](C)O)c(F)cc43)c(C)c2C1=O. The predicted octanol–water partition coefficient (Wildman–Crippen LogP) is 3.00. The zero-order chi connectivity index (χ0) is 26.9. The molecule has 4 rings (SSSR count). The summed E-state index contributed by atoms with van der Waals surface area (Å²) in [6, 6.07) is 2.51. The number of carbonyl (C=O) groups excluding carboxylic acids is 3. The molecule has 4 N–H and O–H groups in total. The summed E-state index contributed by atoms with van der Waals surface area (Å²) in [6.07, 6.45) is 1.89. The van der Waals surface area contributed by atoms with E-state index in [1.54, 1.807) is 6.08 Å². The molecular formula is C27H34FN5O4. The van der Waals surface area contributed by atoms with Crippen molar-refractivity contribution in [1.29, 1.82) is 0 Å². The highest BCUT2D eigenvalue weighted by atomic mass is 19.1. The Kier molecular flexibility index (Phi) is 7.79. The standard InChI is InChI=1S/C27H34FN5O4/c1-5-32(6-2)10-11-33-9-7-8-20-24(27(33)37)15(3)21(29-20)13-18-17-12-19(28)23(31-25(35)16(4)34)14-22(17)30-26(18)36/h12-14,16,29,34H,5-11H2,1-4H3,(H,30,36)(H,31,35)/t16-/m0/s1. The number of fused-ring (bicyclic) bond motifs is 2. The van der Waals surface area contributed by atoms with Crippen molar-refractivity contribution in [3.05, 3.63) is 46.0 Å². The normalized spacial score (nSPS) is 17.1. The number of aryl methyl sites for hydroxylation is 1. The minimum Gasteiger partial charge on any atom is -0.384 e. The van der Waals surface area contributed by atoms with E-state index in [4.69, 9.17) is 0 Å². The molecule has 37 heavy (non-hydrogen) atoms. The van der Waals surface area contributed by atoms with Crippen LogP contribution in [0, 0.1) is 12.7 Å². The van der Waals surface area contributed by atoms with Crippen molar-refractivity contribution in [3.63, 3.8) is 0 Å². The Labute approximate surface area is 215 Å². The van der Waals surface area contributed by atoms with Crippen molar-refractivity contribution in [2.75, 3.05) is 43.4 Å². The molecule has 2 aromatic rings. The number of hydrogen-bond donors (Lipinski definition) is 4. The third kappa shape index (κ3) is 5.30. The van der Waals surface area contributed by atoms with Crippen molar-refractivity contribution in [2.24, 2.45) is 0 Å². The van der Waals surface area contributed by atoms with Crippen molar-refractivity contribution >= 4 is 40.7 Å². The van der Waals surface area contributed by atoms with Gasteiger partial charge in [0.15, 0.2) is 0 Å². The summed E-state index contributed by atoms with van der Waals surface area (Å²) in [7, 11) is 0. The Morgan fingerprint density at radius 3 is 2.70 bits per heavy atom. The number of carbonyl (C=O) groups is 3. The van der Waals surface area contributed by atoms with Crippen molar-refractivity contribution < 1.29 is 23.9 Å². The largest absolute Gasteiger partial charge is 0.384 e. The maximum absolute atomic E-state index is 14.8. The van der Waals surface area contributed by atoms with E-state index >= 15 is 0 Å². The molecule has 10 heteroatoms. The molecule has 0 radical (unpaired) electrons. The van der Waals surface area contributed by atoms with Gasteiger partial charge in [0.05, 0.1) is 22.5 Å². The van der Waals surface area contributed by atoms with Gasteiger partial charge in [0.2, 0.25) is 0 Å². The maximum Gasteiger partial charge on any atom is 0.256 e. The molecule has 1 aromatic carbocycles. The first-order valence-electron chi connectivity index (χ1n) is 12.7. The number of amides is 3. The second-order valence-electron chi connectivity index (χ2n) is 9.49. The van der Waals surface area contributed by atoms with Gasteiger partial charge in [0.25, 0.3) is 17.7 Å². The summed E-state index contributed by atoms with van der Waals surface area (Å²) in [5, 5.41) is 14.4. The van der Waals surface area contributed by atoms with E-state index in [1.807, 2.05) is 11.8 Å². The van der Waals surface area contributed by atoms with E-state index in [0.29, 0.717) is 35.6 Å². The average molecular weight is 512 g/mol. The summed E-state index contributed by atoms with van der Waals surface area (Å²) in [4.78, 5) is 45.6. The topological polar surface area (TPSA) is 118 Å². The first-order chi connectivity index (χ1) is 17.6. The van der Waals surface area contributed by atoms with Gasteiger partial charge in [0.1, 0.15) is 11.9 Å². The van der Waals surface area contributed by atoms with E-state index in [0.717, 1.165) is 43.7 Å². The summed E-state index contributed by atoms with van der Waals surface area (Å²) >= 11 is 0. The van der Waals surface area contributed by atoms with Gasteiger partial charge in [-0.3, -0.25) is 14.4 Å². The van der Waals surface area contributed by atoms with Crippen LogP contribution in [-0.2, 0) is 16.0 Å². The lowest BCUT2D eigenvalue weighted by molar-refractivity contribution is -0.123. The Bertz CT molecular complexity index is 1260. The zero-order valence-corrected chi connectivity index (χ0v) is 21.7. The lowest BCUT2D eigenvalue weighted by atomic mass is 10.0. The lowest BCUT2D eigenvalue weighted by Crippen LogP contribution is -2.38. The van der Waals surface area contributed by atoms with Gasteiger partial charge in [-0.15, -0.1) is 0 Å². The van der Waals surface area contributed by atoms with Gasteiger partial charge in [-0.2, -0.15) is 0 Å². The molecule has 1 aromatic heterocycles. The molecule has 0 saturated carbocycles. The molecule has 0 fully saturated rings. The van der Waals surface area contributed by atoms with Gasteiger partial charge in [-0.1, -0.05) is 13.8 Å². The fourth-order valence-corrected chi connectivity index (χ4v) is 4.85. The number of nitrogens with one attached hydrogen (secondary N) is 3. The molecule has 3 amide bonds. The predicted molar refractivity (Wildman–Crippen MR) is 141 cm³/mol. The molecular weight excluding hydrogens is 477 g/mol. The van der Waals surface area contributed by atoms with Gasteiger partial charge >= 0.3 is 0 Å². The number of rotatable bonds is 8. The smallest absolute Gasteiger partial charge is 0.256 e. The number of likely N-dealkylation sites (N-methyl/N-ethyl adjacent to an activating group) is 1. The second-order valence-corrected chi connectivity index (χ2v) is 9.49. The van der Waals surface area contributed by atoms with Crippen LogP contribution in [0.15, 0.2) is 12.1 Å². The van der Waals surface area contributed by atoms with Crippen molar-refractivity contribution in [2.45, 2.75) is 46.6 Å². The van der Waals surface area contributed by atoms with Crippen molar-refractivity contribution in [1.82, 2.24) is 14.8 Å². The fourth-order valence-electron chi connectivity index (χ4n) is 4.85. The summed E-state index contributed by atoms with van der Waals surface area (Å²) in [5.41, 5.74) is 3.71. The van der Waals surface area contributed by atoms with E-state index in [1.165, 1.54) is 19.1 Å². The molecule has 0 saturated heterocycles. The van der Waals surface area contributed by atoms with Crippen LogP contribution in [0.25, 0.3) is 11.6 Å². The molecule has 3 heterocycles. The van der Waals surface area contributed by atoms with Crippen LogP contribution in [-0.4, -0.2) is 76.4 Å². The van der Waals surface area contributed by atoms with E-state index in [2.05, 4.69) is 34.4 Å². The van der Waals surface area contributed by atoms with Crippen LogP contribution < -0.4 is 10.6 Å². The summed E-state index contributed by atoms with van der Waals surface area (Å²) in [6.45, 7) is 11.4. The molecule has 9 nitrogen and oxygen atoms in total. The highest BCUT2D eigenvalue weighted by molar-refractivity contribution is 6.35. The molecule has 2 aliphatic rings. The quantitative estimate of drug-likeness (QED) is 0.407. The van der Waals surface area contributed by atoms with E-state index < -0.39 is 23.7 Å². The molecule has 0 unspecified atom stereocenters. The van der Waals surface area contributed by atoms with Crippen LogP contribution in [0.5, 0.6) is 0 Å². The maximum atomic E-state index is 14.8. The Balaban J connectivity index is 1.63. The third-order valence-electron chi connectivity index (χ3n) is 7.12. The Morgan fingerprint density at radius 1 is 1.30 bits per heavy atom. The van der Waals surface area contributed by atoms with Gasteiger partial charge < -0.3 is 30.5 Å². The number of anilines is 2. The zero-order valence-electron chi connectivity index (χ0n) is 21.7. The highest BCUT2D eigenvalue weighted by Crippen LogP contribution is 2.37. The lowest BCUT2D eigenvalue weighted by Gasteiger charge is -2.25. The third-order valence-corrected chi connectivity index (χ3v) is 7.12. The van der Waals surface area contributed by atoms with Gasteiger partial charge in [-0.05, 0) is 63.6 Å². The molecule has 0 spiro atoms. The number of aromatic amines is 1. The Hall–Kier alpha value is -3.50. The first-order valence-corrected chi connectivity index (χ1v) is 12.7. The van der Waals surface area contributed by atoms with E-state index in [9.17, 15) is 23.9 Å². The molecule has 0 aliphatic carbocycles. The van der Waals surface area contributed by atoms with Crippen LogP contribution in [0.1, 0.15) is 60.1 Å². The van der Waals surface area contributed by atoms with Crippen molar-refractivity contribution in [3.8, 4) is 0 Å². The number of aliphatic hydroxyl groups excluding tert-OH is 1. The molecule has 1 atom stereocenters. The number of nitrogens with zero attached hydrogens (tertiary/aromatic N) is 2. The second kappa shape index (κ2) is 10.9. The minimum absolute atomic E-state index is 0.0149.